The molecule has 14 rings (SSSR count). The zero-order valence-corrected chi connectivity index (χ0v) is 34.9. The van der Waals surface area contributed by atoms with E-state index in [2.05, 4.69) is 198 Å². The average Bonchev–Trinajstić information content (AvgIpc) is 3.94. The monoisotopic (exact) mass is 832 g/mol. The minimum absolute atomic E-state index is 0.803. The maximum Gasteiger partial charge on any atom is 0.159 e. The van der Waals surface area contributed by atoms with Crippen LogP contribution in [-0.2, 0) is 0 Å². The normalized spacial score (nSPS) is 12.1. The van der Waals surface area contributed by atoms with Gasteiger partial charge in [-0.05, 0) is 112 Å². The van der Waals surface area contributed by atoms with Crippen molar-refractivity contribution >= 4 is 110 Å². The van der Waals surface area contributed by atoms with E-state index in [-0.39, 0.29) is 0 Å². The molecule has 2 aromatic heterocycles. The lowest BCUT2D eigenvalue weighted by Gasteiger charge is -2.29. The molecule has 0 aliphatic carbocycles. The van der Waals surface area contributed by atoms with E-state index in [1.165, 1.54) is 10.8 Å². The Hall–Kier alpha value is -8.80. The predicted molar refractivity (Wildman–Crippen MR) is 268 cm³/mol. The van der Waals surface area contributed by atoms with Crippen molar-refractivity contribution < 1.29 is 13.6 Å². The van der Waals surface area contributed by atoms with Gasteiger partial charge in [0.2, 0.25) is 0 Å². The Kier molecular flexibility index (Phi) is 7.62. The van der Waals surface area contributed by atoms with Crippen LogP contribution in [0, 0.1) is 0 Å². The van der Waals surface area contributed by atoms with Crippen LogP contribution in [0.2, 0.25) is 0 Å². The van der Waals surface area contributed by atoms with E-state index in [9.17, 15) is 0 Å². The van der Waals surface area contributed by atoms with Crippen molar-refractivity contribution in [1.29, 1.82) is 0 Å². The maximum absolute atomic E-state index is 7.00. The Balaban J connectivity index is 0.966. The van der Waals surface area contributed by atoms with Crippen molar-refractivity contribution in [3.63, 3.8) is 0 Å². The molecule has 11 aromatic carbocycles. The number of anilines is 6. The number of benzene rings is 11. The van der Waals surface area contributed by atoms with E-state index < -0.39 is 0 Å². The summed E-state index contributed by atoms with van der Waals surface area (Å²) in [5, 5.41) is 11.3. The molecule has 0 radical (unpaired) electrons. The van der Waals surface area contributed by atoms with Crippen molar-refractivity contribution in [3.8, 4) is 22.6 Å². The molecule has 304 valence electrons. The molecule has 1 aliphatic heterocycles. The highest BCUT2D eigenvalue weighted by molar-refractivity contribution is 6.26. The molecule has 13 aromatic rings. The van der Waals surface area contributed by atoms with Crippen LogP contribution in [0.15, 0.2) is 227 Å². The van der Waals surface area contributed by atoms with Gasteiger partial charge < -0.3 is 23.4 Å². The number of nitrogens with zero attached hydrogens (tertiary/aromatic N) is 2. The summed E-state index contributed by atoms with van der Waals surface area (Å²) in [5.41, 5.74) is 11.7. The van der Waals surface area contributed by atoms with Gasteiger partial charge in [0.1, 0.15) is 28.2 Å². The lowest BCUT2D eigenvalue weighted by Crippen LogP contribution is -2.11. The molecule has 0 saturated heterocycles. The van der Waals surface area contributed by atoms with E-state index in [1.54, 1.807) is 0 Å². The van der Waals surface area contributed by atoms with E-state index in [0.717, 1.165) is 122 Å². The van der Waals surface area contributed by atoms with Crippen LogP contribution in [-0.4, -0.2) is 0 Å². The standard InChI is InChI=1S/C60H36N2O3/c1-3-15-37(16-4-1)61(52-25-13-24-48-44-22-10-12-27-55(44)65-60(48)52)39-30-32-46-51-35-49-41-19-7-8-20-42(41)53(36-50(49)47-23-14-28-56(59(47)51)64-58(46)33-39)62(38-17-5-2-6-18-38)40-29-31-45-43-21-9-11-26-54(43)63-57(45)34-40/h1-36H. The summed E-state index contributed by atoms with van der Waals surface area (Å²) in [5.74, 6) is 1.64. The third kappa shape index (κ3) is 5.39. The van der Waals surface area contributed by atoms with Crippen LogP contribution < -0.4 is 14.5 Å². The first-order valence-corrected chi connectivity index (χ1v) is 22.0. The molecule has 5 heteroatoms. The molecule has 0 amide bonds. The van der Waals surface area contributed by atoms with Crippen molar-refractivity contribution in [2.24, 2.45) is 0 Å². The van der Waals surface area contributed by atoms with Gasteiger partial charge in [0.25, 0.3) is 0 Å². The summed E-state index contributed by atoms with van der Waals surface area (Å²) in [4.78, 5) is 4.63. The van der Waals surface area contributed by atoms with E-state index >= 15 is 0 Å². The van der Waals surface area contributed by atoms with Gasteiger partial charge in [-0.2, -0.15) is 0 Å². The van der Waals surface area contributed by atoms with E-state index in [4.69, 9.17) is 13.6 Å². The molecule has 3 heterocycles. The zero-order valence-electron chi connectivity index (χ0n) is 34.9. The number of furan rings is 2. The van der Waals surface area contributed by atoms with Gasteiger partial charge in [-0.1, -0.05) is 121 Å². The number of hydrogen-bond donors (Lipinski definition) is 0. The van der Waals surface area contributed by atoms with Gasteiger partial charge in [0.05, 0.1) is 17.1 Å². The second kappa shape index (κ2) is 13.9. The quantitative estimate of drug-likeness (QED) is 0.156. The minimum atomic E-state index is 0.803. The highest BCUT2D eigenvalue weighted by atomic mass is 16.5. The third-order valence-electron chi connectivity index (χ3n) is 13.2. The third-order valence-corrected chi connectivity index (χ3v) is 13.2. The van der Waals surface area contributed by atoms with Crippen LogP contribution in [0.3, 0.4) is 0 Å². The van der Waals surface area contributed by atoms with Gasteiger partial charge >= 0.3 is 0 Å². The van der Waals surface area contributed by atoms with Crippen LogP contribution in [0.1, 0.15) is 0 Å². The Bertz CT molecular complexity index is 4060. The van der Waals surface area contributed by atoms with Crippen molar-refractivity contribution in [2.75, 3.05) is 9.80 Å². The molecule has 5 nitrogen and oxygen atoms in total. The number of ether oxygens (including phenoxy) is 1. The number of hydrogen-bond acceptors (Lipinski definition) is 5. The largest absolute Gasteiger partial charge is 0.456 e. The molecule has 0 N–H and O–H groups in total. The Morgan fingerprint density at radius 1 is 0.277 bits per heavy atom. The molecular weight excluding hydrogens is 797 g/mol. The van der Waals surface area contributed by atoms with Crippen molar-refractivity contribution in [1.82, 2.24) is 0 Å². The lowest BCUT2D eigenvalue weighted by atomic mass is 9.88. The Morgan fingerprint density at radius 2 is 0.846 bits per heavy atom. The number of para-hydroxylation sites is 5. The lowest BCUT2D eigenvalue weighted by molar-refractivity contribution is 0.487. The molecule has 0 spiro atoms. The molecule has 0 atom stereocenters. The summed E-state index contributed by atoms with van der Waals surface area (Å²) in [6, 6.07) is 77.1. The summed E-state index contributed by atoms with van der Waals surface area (Å²) in [7, 11) is 0. The highest BCUT2D eigenvalue weighted by Crippen LogP contribution is 2.53. The maximum atomic E-state index is 7.00. The molecule has 0 unspecified atom stereocenters. The van der Waals surface area contributed by atoms with Crippen molar-refractivity contribution in [3.05, 3.63) is 218 Å². The second-order valence-electron chi connectivity index (χ2n) is 16.8. The fraction of sp³-hybridized carbons (Fsp3) is 0. The summed E-state index contributed by atoms with van der Waals surface area (Å²) >= 11 is 0. The smallest absolute Gasteiger partial charge is 0.159 e. The van der Waals surface area contributed by atoms with Crippen molar-refractivity contribution in [2.45, 2.75) is 0 Å². The fourth-order valence-electron chi connectivity index (χ4n) is 10.3. The predicted octanol–water partition coefficient (Wildman–Crippen LogP) is 17.7. The Labute approximate surface area is 373 Å². The first-order chi connectivity index (χ1) is 32.2. The van der Waals surface area contributed by atoms with Crippen LogP contribution in [0.25, 0.3) is 87.3 Å². The van der Waals surface area contributed by atoms with Gasteiger partial charge in [0.15, 0.2) is 5.58 Å². The summed E-state index contributed by atoms with van der Waals surface area (Å²) in [6.07, 6.45) is 0. The molecule has 0 bridgehead atoms. The van der Waals surface area contributed by atoms with Gasteiger partial charge in [-0.3, -0.25) is 0 Å². The SMILES string of the molecule is c1ccc(N(c2ccc3c(c2)oc2ccccc23)c2cc3c4cccc5c4c(cc3c3ccccc23)-c2ccc(N(c3ccccc3)c3cccc4c3oc3ccccc34)cc2O5)cc1. The first kappa shape index (κ1) is 35.8. The van der Waals surface area contributed by atoms with E-state index in [0.29, 0.717) is 0 Å². The molecule has 1 aliphatic rings. The van der Waals surface area contributed by atoms with Gasteiger partial charge in [0, 0.05) is 67.1 Å². The average molecular weight is 833 g/mol. The molecular formula is C60H36N2O3. The summed E-state index contributed by atoms with van der Waals surface area (Å²) < 4.78 is 20.0. The Morgan fingerprint density at radius 3 is 1.63 bits per heavy atom. The molecule has 0 saturated carbocycles. The molecule has 0 fully saturated rings. The number of rotatable bonds is 6. The minimum Gasteiger partial charge on any atom is -0.456 e. The second-order valence-corrected chi connectivity index (χ2v) is 16.8. The molecule has 65 heavy (non-hydrogen) atoms. The fourth-order valence-corrected chi connectivity index (χ4v) is 10.3. The zero-order chi connectivity index (χ0) is 42.6. The summed E-state index contributed by atoms with van der Waals surface area (Å²) in [6.45, 7) is 0. The first-order valence-electron chi connectivity index (χ1n) is 22.0. The van der Waals surface area contributed by atoms with Crippen LogP contribution in [0.4, 0.5) is 34.1 Å². The van der Waals surface area contributed by atoms with Gasteiger partial charge in [-0.15, -0.1) is 0 Å². The van der Waals surface area contributed by atoms with Crippen LogP contribution in [0.5, 0.6) is 11.5 Å². The van der Waals surface area contributed by atoms with E-state index in [1.807, 2.05) is 30.3 Å². The highest BCUT2D eigenvalue weighted by Gasteiger charge is 2.27. The van der Waals surface area contributed by atoms with Gasteiger partial charge in [-0.25, -0.2) is 0 Å². The van der Waals surface area contributed by atoms with Crippen LogP contribution >= 0.6 is 0 Å². The number of fused-ring (bicyclic) bond motifs is 12. The topological polar surface area (TPSA) is 42.0 Å².